The molecule has 1 amide bonds. The molecule has 0 radical (unpaired) electrons. The molecule has 1 N–H and O–H groups in total. The van der Waals surface area contributed by atoms with Crippen LogP contribution in [0.2, 0.25) is 10.2 Å². The number of halogens is 2. The molecule has 1 aliphatic heterocycles. The minimum Gasteiger partial charge on any atom is -0.355 e. The first-order valence-corrected chi connectivity index (χ1v) is 11.4. The van der Waals surface area contributed by atoms with Crippen LogP contribution in [0.25, 0.3) is 0 Å². The van der Waals surface area contributed by atoms with Crippen LogP contribution in [-0.2, 0) is 21.4 Å². The Labute approximate surface area is 181 Å². The van der Waals surface area contributed by atoms with Gasteiger partial charge in [0.05, 0.1) is 4.90 Å². The summed E-state index contributed by atoms with van der Waals surface area (Å²) in [7, 11) is -3.97. The number of carbonyl (C=O) groups is 1. The maximum Gasteiger partial charge on any atom is 0.244 e. The molecule has 1 saturated heterocycles. The molecule has 156 valence electrons. The van der Waals surface area contributed by atoms with E-state index in [1.54, 1.807) is 12.1 Å². The van der Waals surface area contributed by atoms with E-state index in [4.69, 9.17) is 23.2 Å². The lowest BCUT2D eigenvalue weighted by atomic mass is 9.83. The zero-order valence-electron chi connectivity index (χ0n) is 16.2. The topological polar surface area (TPSA) is 79.4 Å². The molecule has 9 heteroatoms. The lowest BCUT2D eigenvalue weighted by molar-refractivity contribution is -0.125. The highest BCUT2D eigenvalue weighted by Gasteiger charge is 2.40. The van der Waals surface area contributed by atoms with Crippen LogP contribution in [0.5, 0.6) is 0 Å². The number of nitrogens with zero attached hydrogens (tertiary/aromatic N) is 2. The Bertz CT molecular complexity index is 977. The van der Waals surface area contributed by atoms with Gasteiger partial charge in [0.25, 0.3) is 0 Å². The average molecular weight is 456 g/mol. The van der Waals surface area contributed by atoms with Gasteiger partial charge in [-0.2, -0.15) is 4.31 Å². The van der Waals surface area contributed by atoms with Gasteiger partial charge < -0.3 is 5.32 Å². The average Bonchev–Trinajstić information content (AvgIpc) is 2.79. The Hall–Kier alpha value is -1.67. The third kappa shape index (κ3) is 5.28. The first-order valence-electron chi connectivity index (χ1n) is 9.24. The Morgan fingerprint density at radius 3 is 2.48 bits per heavy atom. The van der Waals surface area contributed by atoms with Crippen molar-refractivity contribution in [3.63, 3.8) is 0 Å². The van der Waals surface area contributed by atoms with Crippen LogP contribution >= 0.6 is 23.2 Å². The lowest BCUT2D eigenvalue weighted by Gasteiger charge is -2.33. The second kappa shape index (κ2) is 8.60. The molecule has 2 heterocycles. The highest BCUT2D eigenvalue weighted by Crippen LogP contribution is 2.33. The molecule has 29 heavy (non-hydrogen) atoms. The van der Waals surface area contributed by atoms with Gasteiger partial charge in [-0.3, -0.25) is 4.79 Å². The van der Waals surface area contributed by atoms with Gasteiger partial charge in [0.2, 0.25) is 15.9 Å². The van der Waals surface area contributed by atoms with Crippen molar-refractivity contribution < 1.29 is 13.2 Å². The summed E-state index contributed by atoms with van der Waals surface area (Å²) in [6.45, 7) is 4.59. The van der Waals surface area contributed by atoms with Crippen molar-refractivity contribution in [3.8, 4) is 0 Å². The van der Waals surface area contributed by atoms with Gasteiger partial charge in [-0.15, -0.1) is 0 Å². The molecule has 1 aromatic heterocycles. The van der Waals surface area contributed by atoms with Crippen LogP contribution in [0, 0.1) is 5.41 Å². The van der Waals surface area contributed by atoms with E-state index in [-0.39, 0.29) is 22.8 Å². The molecule has 1 unspecified atom stereocenters. The van der Waals surface area contributed by atoms with Crippen LogP contribution in [0.1, 0.15) is 32.3 Å². The van der Waals surface area contributed by atoms with E-state index in [0.29, 0.717) is 28.7 Å². The summed E-state index contributed by atoms with van der Waals surface area (Å²) in [5, 5.41) is 3.61. The molecular formula is C20H23Cl2N3O3S. The van der Waals surface area contributed by atoms with Crippen molar-refractivity contribution in [2.75, 3.05) is 6.54 Å². The Morgan fingerprint density at radius 2 is 1.86 bits per heavy atom. The Kier molecular flexibility index (Phi) is 6.53. The molecule has 1 aromatic carbocycles. The number of carbonyl (C=O) groups excluding carboxylic acids is 1. The van der Waals surface area contributed by atoms with Gasteiger partial charge in [-0.05, 0) is 54.2 Å². The lowest BCUT2D eigenvalue weighted by Crippen LogP contribution is -2.49. The smallest absolute Gasteiger partial charge is 0.244 e. The van der Waals surface area contributed by atoms with E-state index in [2.05, 4.69) is 10.3 Å². The van der Waals surface area contributed by atoms with E-state index in [9.17, 15) is 13.2 Å². The van der Waals surface area contributed by atoms with E-state index < -0.39 is 16.1 Å². The van der Waals surface area contributed by atoms with Crippen molar-refractivity contribution in [1.29, 1.82) is 0 Å². The molecule has 1 atom stereocenters. The largest absolute Gasteiger partial charge is 0.355 e. The second-order valence-corrected chi connectivity index (χ2v) is 10.6. The van der Waals surface area contributed by atoms with Gasteiger partial charge >= 0.3 is 0 Å². The van der Waals surface area contributed by atoms with Crippen LogP contribution in [0.4, 0.5) is 0 Å². The van der Waals surface area contributed by atoms with E-state index >= 15 is 0 Å². The van der Waals surface area contributed by atoms with E-state index in [0.717, 1.165) is 6.42 Å². The molecular weight excluding hydrogens is 433 g/mol. The first-order chi connectivity index (χ1) is 13.6. The quantitative estimate of drug-likeness (QED) is 0.693. The monoisotopic (exact) mass is 455 g/mol. The van der Waals surface area contributed by atoms with Crippen molar-refractivity contribution in [1.82, 2.24) is 14.6 Å². The van der Waals surface area contributed by atoms with Gasteiger partial charge in [0, 0.05) is 24.3 Å². The predicted octanol–water partition coefficient (Wildman–Crippen LogP) is 3.88. The van der Waals surface area contributed by atoms with Crippen molar-refractivity contribution in [3.05, 3.63) is 58.3 Å². The minimum atomic E-state index is -3.97. The van der Waals surface area contributed by atoms with Crippen LogP contribution in [0.15, 0.2) is 47.5 Å². The molecule has 2 aromatic rings. The summed E-state index contributed by atoms with van der Waals surface area (Å²) >= 11 is 11.8. The molecule has 0 bridgehead atoms. The highest BCUT2D eigenvalue weighted by atomic mass is 35.5. The van der Waals surface area contributed by atoms with E-state index in [1.165, 1.54) is 34.8 Å². The molecule has 1 fully saturated rings. The second-order valence-electron chi connectivity index (χ2n) is 7.92. The number of aromatic nitrogens is 1. The summed E-state index contributed by atoms with van der Waals surface area (Å²) in [6, 6.07) is 8.40. The van der Waals surface area contributed by atoms with Gasteiger partial charge in [0.1, 0.15) is 11.2 Å². The van der Waals surface area contributed by atoms with Crippen LogP contribution in [0.3, 0.4) is 0 Å². The molecule has 1 aliphatic rings. The standard InChI is InChI=1S/C20H23Cl2N3O3S/c1-20(2)9-10-23-19(26)17(11-20)25(13-14-3-8-18(22)24-12-14)29(27,28)16-6-4-15(21)5-7-16/h3-8,12,17H,9-11,13H2,1-2H3,(H,23,26). The molecule has 0 aliphatic carbocycles. The van der Waals surface area contributed by atoms with Crippen molar-refractivity contribution >= 4 is 39.1 Å². The number of benzene rings is 1. The van der Waals surface area contributed by atoms with E-state index in [1.807, 2.05) is 13.8 Å². The van der Waals surface area contributed by atoms with Crippen LogP contribution < -0.4 is 5.32 Å². The van der Waals surface area contributed by atoms with Crippen molar-refractivity contribution in [2.24, 2.45) is 5.41 Å². The fourth-order valence-electron chi connectivity index (χ4n) is 3.38. The third-order valence-electron chi connectivity index (χ3n) is 5.04. The fraction of sp³-hybridized carbons (Fsp3) is 0.400. The van der Waals surface area contributed by atoms with Gasteiger partial charge in [-0.1, -0.05) is 43.1 Å². The summed E-state index contributed by atoms with van der Waals surface area (Å²) in [5.74, 6) is -0.296. The number of nitrogens with one attached hydrogen (secondary N) is 1. The maximum atomic E-state index is 13.5. The number of rotatable bonds is 5. The molecule has 3 rings (SSSR count). The minimum absolute atomic E-state index is 0.00327. The predicted molar refractivity (Wildman–Crippen MR) is 113 cm³/mol. The zero-order chi connectivity index (χ0) is 21.2. The highest BCUT2D eigenvalue weighted by molar-refractivity contribution is 7.89. The molecule has 6 nitrogen and oxygen atoms in total. The SMILES string of the molecule is CC1(C)CCNC(=O)C(N(Cc2ccc(Cl)nc2)S(=O)(=O)c2ccc(Cl)cc2)C1. The van der Waals surface area contributed by atoms with Crippen LogP contribution in [-0.4, -0.2) is 36.2 Å². The summed E-state index contributed by atoms with van der Waals surface area (Å²) in [5.41, 5.74) is 0.442. The molecule has 0 saturated carbocycles. The summed E-state index contributed by atoms with van der Waals surface area (Å²) in [6.07, 6.45) is 2.70. The number of hydrogen-bond donors (Lipinski definition) is 1. The number of sulfonamides is 1. The number of hydrogen-bond acceptors (Lipinski definition) is 4. The first kappa shape index (κ1) is 22.0. The summed E-state index contributed by atoms with van der Waals surface area (Å²) in [4.78, 5) is 17.0. The van der Waals surface area contributed by atoms with Gasteiger partial charge in [-0.25, -0.2) is 13.4 Å². The zero-order valence-corrected chi connectivity index (χ0v) is 18.6. The maximum absolute atomic E-state index is 13.5. The Morgan fingerprint density at radius 1 is 1.17 bits per heavy atom. The number of amides is 1. The Balaban J connectivity index is 2.06. The third-order valence-corrected chi connectivity index (χ3v) is 7.39. The summed E-state index contributed by atoms with van der Waals surface area (Å²) < 4.78 is 28.3. The number of pyridine rings is 1. The molecule has 0 spiro atoms. The van der Waals surface area contributed by atoms with Gasteiger partial charge in [0.15, 0.2) is 0 Å². The van der Waals surface area contributed by atoms with Crippen molar-refractivity contribution in [2.45, 2.75) is 44.2 Å². The normalized spacial score (nSPS) is 19.6. The fourth-order valence-corrected chi connectivity index (χ4v) is 5.19.